The summed E-state index contributed by atoms with van der Waals surface area (Å²) >= 11 is 0. The first-order chi connectivity index (χ1) is 16.3. The van der Waals surface area contributed by atoms with Crippen molar-refractivity contribution in [3.63, 3.8) is 0 Å². The predicted molar refractivity (Wildman–Crippen MR) is 132 cm³/mol. The molecule has 2 aliphatic rings. The Morgan fingerprint density at radius 1 is 1.15 bits per heavy atom. The van der Waals surface area contributed by atoms with Crippen LogP contribution in [0.5, 0.6) is 0 Å². The van der Waals surface area contributed by atoms with Gasteiger partial charge in [0.15, 0.2) is 0 Å². The lowest BCUT2D eigenvalue weighted by atomic mass is 9.94. The van der Waals surface area contributed by atoms with Gasteiger partial charge in [0.2, 0.25) is 11.9 Å². The molecular formula is C23H31N7O3S. The Bertz CT molecular complexity index is 1300. The fraction of sp³-hybridized carbons (Fsp3) is 0.522. The Labute approximate surface area is 199 Å². The number of hydrogen-bond donors (Lipinski definition) is 2. The van der Waals surface area contributed by atoms with E-state index >= 15 is 0 Å². The average Bonchev–Trinajstić information content (AvgIpc) is 3.22. The Morgan fingerprint density at radius 2 is 1.91 bits per heavy atom. The molecule has 1 unspecified atom stereocenters. The molecule has 182 valence electrons. The van der Waals surface area contributed by atoms with Crippen LogP contribution in [0.2, 0.25) is 0 Å². The van der Waals surface area contributed by atoms with Crippen molar-refractivity contribution in [1.82, 2.24) is 19.5 Å². The molecule has 2 fully saturated rings. The van der Waals surface area contributed by atoms with E-state index in [0.717, 1.165) is 16.9 Å². The van der Waals surface area contributed by atoms with Crippen LogP contribution in [-0.2, 0) is 23.9 Å². The van der Waals surface area contributed by atoms with Gasteiger partial charge in [0.25, 0.3) is 0 Å². The summed E-state index contributed by atoms with van der Waals surface area (Å²) in [6.07, 6.45) is 2.47. The summed E-state index contributed by atoms with van der Waals surface area (Å²) in [5, 5.41) is 3.15. The fourth-order valence-corrected chi connectivity index (χ4v) is 6.36. The minimum atomic E-state index is -3.00. The van der Waals surface area contributed by atoms with Crippen molar-refractivity contribution in [2.45, 2.75) is 30.6 Å². The lowest BCUT2D eigenvalue weighted by Gasteiger charge is -2.38. The van der Waals surface area contributed by atoms with Gasteiger partial charge in [-0.25, -0.2) is 18.7 Å². The van der Waals surface area contributed by atoms with Gasteiger partial charge < -0.3 is 19.7 Å². The lowest BCUT2D eigenvalue weighted by Crippen LogP contribution is -2.45. The molecule has 2 saturated heterocycles. The standard InChI is InChI=1S/C23H31N7O3S/c1-16-15-33-13-10-29(16)20-14-19(23(34(3,24)31)8-11-32-12-9-23)27-22(28-20)30-18-7-5-4-6-17(18)26-21(30)25-2/h4-7,14,16,24H,8-13,15H2,1-3H3,(H,25,26)/t16-,34?/m1/s1. The second-order valence-electron chi connectivity index (χ2n) is 8.99. The highest BCUT2D eigenvalue weighted by Gasteiger charge is 2.44. The van der Waals surface area contributed by atoms with Crippen LogP contribution in [0.15, 0.2) is 30.3 Å². The van der Waals surface area contributed by atoms with E-state index in [4.69, 9.17) is 29.2 Å². The summed E-state index contributed by atoms with van der Waals surface area (Å²) in [7, 11) is -1.18. The number of anilines is 2. The minimum Gasteiger partial charge on any atom is -0.381 e. The third-order valence-corrected chi connectivity index (χ3v) is 8.97. The van der Waals surface area contributed by atoms with Crippen molar-refractivity contribution < 1.29 is 13.7 Å². The van der Waals surface area contributed by atoms with E-state index in [0.29, 0.717) is 63.4 Å². The van der Waals surface area contributed by atoms with E-state index in [9.17, 15) is 4.21 Å². The smallest absolute Gasteiger partial charge is 0.239 e. The van der Waals surface area contributed by atoms with Crippen molar-refractivity contribution in [1.29, 1.82) is 4.78 Å². The zero-order chi connectivity index (χ0) is 23.9. The maximum absolute atomic E-state index is 13.4. The topological polar surface area (TPSA) is 118 Å². The molecule has 0 radical (unpaired) electrons. The molecule has 2 atom stereocenters. The number of nitrogens with one attached hydrogen (secondary N) is 2. The van der Waals surface area contributed by atoms with Crippen LogP contribution in [0.3, 0.4) is 0 Å². The molecule has 2 aliphatic heterocycles. The number of nitrogens with zero attached hydrogens (tertiary/aromatic N) is 5. The molecule has 0 bridgehead atoms. The van der Waals surface area contributed by atoms with Gasteiger partial charge in [0, 0.05) is 39.1 Å². The highest BCUT2D eigenvalue weighted by Crippen LogP contribution is 2.41. The number of rotatable bonds is 5. The Hall–Kier alpha value is -2.76. The van der Waals surface area contributed by atoms with Crippen LogP contribution in [0.1, 0.15) is 25.5 Å². The van der Waals surface area contributed by atoms with Crippen molar-refractivity contribution in [3.05, 3.63) is 36.0 Å². The van der Waals surface area contributed by atoms with Crippen LogP contribution in [0, 0.1) is 4.78 Å². The Morgan fingerprint density at radius 3 is 2.62 bits per heavy atom. The number of para-hydroxylation sites is 2. The molecule has 34 heavy (non-hydrogen) atoms. The van der Waals surface area contributed by atoms with Gasteiger partial charge in [0.05, 0.1) is 45.7 Å². The molecule has 3 aromatic rings. The molecule has 1 aromatic carbocycles. The predicted octanol–water partition coefficient (Wildman–Crippen LogP) is 2.76. The van der Waals surface area contributed by atoms with Gasteiger partial charge in [-0.15, -0.1) is 0 Å². The van der Waals surface area contributed by atoms with Crippen molar-refractivity contribution in [2.24, 2.45) is 0 Å². The highest BCUT2D eigenvalue weighted by molar-refractivity contribution is 7.92. The molecule has 5 rings (SSSR count). The van der Waals surface area contributed by atoms with Gasteiger partial charge in [-0.2, -0.15) is 4.98 Å². The van der Waals surface area contributed by atoms with Gasteiger partial charge in [0.1, 0.15) is 10.6 Å². The molecular weight excluding hydrogens is 454 g/mol. The molecule has 4 heterocycles. The summed E-state index contributed by atoms with van der Waals surface area (Å²) < 4.78 is 34.3. The van der Waals surface area contributed by atoms with Gasteiger partial charge >= 0.3 is 0 Å². The number of hydrogen-bond acceptors (Lipinski definition) is 9. The highest BCUT2D eigenvalue weighted by atomic mass is 32.2. The van der Waals surface area contributed by atoms with Crippen LogP contribution in [-0.4, -0.2) is 76.0 Å². The van der Waals surface area contributed by atoms with Crippen molar-refractivity contribution >= 4 is 32.5 Å². The summed E-state index contributed by atoms with van der Waals surface area (Å²) in [5.74, 6) is 1.80. The normalized spacial score (nSPS) is 22.4. The second-order valence-corrected chi connectivity index (χ2v) is 11.5. The Balaban J connectivity index is 1.77. The minimum absolute atomic E-state index is 0.125. The number of benzene rings is 1. The molecule has 10 nitrogen and oxygen atoms in total. The first-order valence-corrected chi connectivity index (χ1v) is 13.5. The van der Waals surface area contributed by atoms with Crippen LogP contribution in [0.25, 0.3) is 17.0 Å². The number of morpholine rings is 1. The summed E-state index contributed by atoms with van der Waals surface area (Å²) in [6.45, 7) is 4.90. The van der Waals surface area contributed by atoms with Gasteiger partial charge in [-0.3, -0.25) is 4.78 Å². The number of fused-ring (bicyclic) bond motifs is 1. The summed E-state index contributed by atoms with van der Waals surface area (Å²) in [4.78, 5) is 16.8. The molecule has 0 saturated carbocycles. The zero-order valence-corrected chi connectivity index (χ0v) is 20.6. The SMILES string of the molecule is CNc1nc2ccccc2n1-c1nc(N2CCOC[C@H]2C)cc(C2(S(C)(=N)=O)CCOCC2)n1. The second kappa shape index (κ2) is 8.79. The van der Waals surface area contributed by atoms with Crippen molar-refractivity contribution in [3.8, 4) is 5.95 Å². The molecule has 11 heteroatoms. The average molecular weight is 486 g/mol. The Kier molecular flexibility index (Phi) is 5.95. The fourth-order valence-electron chi connectivity index (χ4n) is 4.91. The number of ether oxygens (including phenoxy) is 2. The van der Waals surface area contributed by atoms with Crippen LogP contribution < -0.4 is 10.2 Å². The van der Waals surface area contributed by atoms with E-state index in [1.165, 1.54) is 6.26 Å². The molecule has 2 aromatic heterocycles. The first kappa shape index (κ1) is 23.0. The van der Waals surface area contributed by atoms with Crippen LogP contribution >= 0.6 is 0 Å². The van der Waals surface area contributed by atoms with E-state index in [1.807, 2.05) is 41.9 Å². The maximum atomic E-state index is 13.4. The monoisotopic (exact) mass is 485 g/mol. The molecule has 0 aliphatic carbocycles. The van der Waals surface area contributed by atoms with E-state index in [2.05, 4.69) is 17.1 Å². The zero-order valence-electron chi connectivity index (χ0n) is 19.8. The summed E-state index contributed by atoms with van der Waals surface area (Å²) in [6, 6.07) is 9.88. The van der Waals surface area contributed by atoms with Gasteiger partial charge in [-0.05, 0) is 31.9 Å². The lowest BCUT2D eigenvalue weighted by molar-refractivity contribution is 0.0739. The number of imidazole rings is 1. The van der Waals surface area contributed by atoms with Crippen LogP contribution in [0.4, 0.5) is 11.8 Å². The van der Waals surface area contributed by atoms with Gasteiger partial charge in [-0.1, -0.05) is 12.1 Å². The number of aromatic nitrogens is 4. The molecule has 2 N–H and O–H groups in total. The third kappa shape index (κ3) is 3.81. The van der Waals surface area contributed by atoms with E-state index < -0.39 is 14.5 Å². The van der Waals surface area contributed by atoms with E-state index in [-0.39, 0.29) is 6.04 Å². The summed E-state index contributed by atoms with van der Waals surface area (Å²) in [5.41, 5.74) is 2.31. The maximum Gasteiger partial charge on any atom is 0.239 e. The first-order valence-electron chi connectivity index (χ1n) is 11.5. The quantitative estimate of drug-likeness (QED) is 0.566. The van der Waals surface area contributed by atoms with Crippen molar-refractivity contribution in [2.75, 3.05) is 56.5 Å². The molecule has 0 spiro atoms. The van der Waals surface area contributed by atoms with E-state index in [1.54, 1.807) is 0 Å². The third-order valence-electron chi connectivity index (χ3n) is 6.86. The molecule has 0 amide bonds. The largest absolute Gasteiger partial charge is 0.381 e.